The first-order valence-corrected chi connectivity index (χ1v) is 8.44. The van der Waals surface area contributed by atoms with E-state index < -0.39 is 42.3 Å². The molecule has 3 rings (SSSR count). The molecule has 0 spiro atoms. The van der Waals surface area contributed by atoms with Crippen LogP contribution in [0.4, 0.5) is 4.79 Å². The predicted molar refractivity (Wildman–Crippen MR) is 88.7 cm³/mol. The second-order valence-corrected chi connectivity index (χ2v) is 7.43. The van der Waals surface area contributed by atoms with Crippen LogP contribution in [0.5, 0.6) is 0 Å². The molecule has 25 heavy (non-hydrogen) atoms. The Labute approximate surface area is 147 Å². The van der Waals surface area contributed by atoms with Crippen molar-refractivity contribution < 1.29 is 29.2 Å². The van der Waals surface area contributed by atoms with Crippen molar-refractivity contribution in [2.24, 2.45) is 0 Å². The highest BCUT2D eigenvalue weighted by molar-refractivity contribution is 5.69. The Morgan fingerprint density at radius 2 is 1.92 bits per heavy atom. The van der Waals surface area contributed by atoms with Crippen LogP contribution in [-0.2, 0) is 14.2 Å². The molecule has 1 aromatic rings. The molecule has 2 saturated heterocycles. The van der Waals surface area contributed by atoms with Gasteiger partial charge in [-0.3, -0.25) is 4.90 Å². The minimum Gasteiger partial charge on any atom is -0.444 e. The number of hydrogen-bond acceptors (Lipinski definition) is 6. The second kappa shape index (κ2) is 6.92. The molecule has 0 bridgehead atoms. The number of amides is 1. The fourth-order valence-electron chi connectivity index (χ4n) is 3.11. The molecule has 1 aromatic carbocycles. The average molecular weight is 351 g/mol. The van der Waals surface area contributed by atoms with E-state index in [2.05, 4.69) is 0 Å². The molecule has 0 aromatic heterocycles. The quantitative estimate of drug-likeness (QED) is 0.796. The highest BCUT2D eigenvalue weighted by atomic mass is 16.7. The van der Waals surface area contributed by atoms with E-state index in [1.54, 1.807) is 20.8 Å². The molecular weight excluding hydrogens is 326 g/mol. The third-order valence-corrected chi connectivity index (χ3v) is 4.29. The number of aliphatic hydroxyl groups excluding tert-OH is 2. The summed E-state index contributed by atoms with van der Waals surface area (Å²) in [4.78, 5) is 13.9. The molecule has 138 valence electrons. The predicted octanol–water partition coefficient (Wildman–Crippen LogP) is 1.44. The van der Waals surface area contributed by atoms with E-state index in [-0.39, 0.29) is 13.2 Å². The van der Waals surface area contributed by atoms with Crippen molar-refractivity contribution in [1.29, 1.82) is 0 Å². The zero-order valence-corrected chi connectivity index (χ0v) is 14.7. The Hall–Kier alpha value is -1.67. The number of aliphatic hydroxyl groups is 2. The third-order valence-electron chi connectivity index (χ3n) is 4.29. The first-order chi connectivity index (χ1) is 11.8. The Morgan fingerprint density at radius 3 is 2.56 bits per heavy atom. The van der Waals surface area contributed by atoms with Crippen LogP contribution in [0.2, 0.25) is 0 Å². The number of likely N-dealkylation sites (tertiary alicyclic amines) is 1. The van der Waals surface area contributed by atoms with Gasteiger partial charge < -0.3 is 24.4 Å². The van der Waals surface area contributed by atoms with Gasteiger partial charge in [-0.2, -0.15) is 0 Å². The number of piperidine rings is 1. The fourth-order valence-corrected chi connectivity index (χ4v) is 3.11. The number of benzene rings is 1. The Kier molecular flexibility index (Phi) is 5.02. The maximum Gasteiger partial charge on any atom is 0.410 e. The largest absolute Gasteiger partial charge is 0.444 e. The molecule has 2 fully saturated rings. The maximum atomic E-state index is 12.5. The zero-order valence-electron chi connectivity index (χ0n) is 14.7. The average Bonchev–Trinajstić information content (AvgIpc) is 2.57. The van der Waals surface area contributed by atoms with Crippen molar-refractivity contribution in [3.63, 3.8) is 0 Å². The van der Waals surface area contributed by atoms with Crippen LogP contribution < -0.4 is 0 Å². The Balaban J connectivity index is 1.77. The normalized spacial score (nSPS) is 32.8. The van der Waals surface area contributed by atoms with Crippen LogP contribution in [-0.4, -0.2) is 64.3 Å². The molecule has 2 aliphatic heterocycles. The SMILES string of the molecule is CC(C)(C)OC(=O)N1C[C@H](O)[C@@H](O)[C@@H]2O[C@@H](c3ccccc3)OC[C@@H]21. The number of ether oxygens (including phenoxy) is 3. The molecule has 0 unspecified atom stereocenters. The van der Waals surface area contributed by atoms with Crippen molar-refractivity contribution >= 4 is 6.09 Å². The summed E-state index contributed by atoms with van der Waals surface area (Å²) in [6, 6.07) is 8.83. The lowest BCUT2D eigenvalue weighted by molar-refractivity contribution is -0.284. The fraction of sp³-hybridized carbons (Fsp3) is 0.611. The van der Waals surface area contributed by atoms with Crippen LogP contribution in [0.1, 0.15) is 32.6 Å². The molecule has 0 saturated carbocycles. The number of hydrogen-bond donors (Lipinski definition) is 2. The number of fused-ring (bicyclic) bond motifs is 1. The Morgan fingerprint density at radius 1 is 1.24 bits per heavy atom. The lowest BCUT2D eigenvalue weighted by atomic mass is 9.93. The van der Waals surface area contributed by atoms with E-state index in [0.717, 1.165) is 5.56 Å². The van der Waals surface area contributed by atoms with Gasteiger partial charge in [-0.25, -0.2) is 4.79 Å². The highest BCUT2D eigenvalue weighted by Gasteiger charge is 2.49. The summed E-state index contributed by atoms with van der Waals surface area (Å²) in [5.41, 5.74) is 0.160. The van der Waals surface area contributed by atoms with Gasteiger partial charge in [-0.1, -0.05) is 30.3 Å². The maximum absolute atomic E-state index is 12.5. The summed E-state index contributed by atoms with van der Waals surface area (Å²) >= 11 is 0. The van der Waals surface area contributed by atoms with Crippen LogP contribution in [0, 0.1) is 0 Å². The topological polar surface area (TPSA) is 88.5 Å². The lowest BCUT2D eigenvalue weighted by Gasteiger charge is -2.49. The number of carbonyl (C=O) groups excluding carboxylic acids is 1. The smallest absolute Gasteiger partial charge is 0.410 e. The zero-order chi connectivity index (χ0) is 18.2. The second-order valence-electron chi connectivity index (χ2n) is 7.43. The molecule has 2 heterocycles. The summed E-state index contributed by atoms with van der Waals surface area (Å²) in [7, 11) is 0. The summed E-state index contributed by atoms with van der Waals surface area (Å²) in [5.74, 6) is 0. The van der Waals surface area contributed by atoms with Crippen LogP contribution in [0.3, 0.4) is 0 Å². The van der Waals surface area contributed by atoms with Gasteiger partial charge in [0.15, 0.2) is 6.29 Å². The van der Waals surface area contributed by atoms with E-state index in [9.17, 15) is 15.0 Å². The number of nitrogens with zero attached hydrogens (tertiary/aromatic N) is 1. The molecule has 2 N–H and O–H groups in total. The molecule has 0 aliphatic carbocycles. The van der Waals surface area contributed by atoms with E-state index in [4.69, 9.17) is 14.2 Å². The van der Waals surface area contributed by atoms with Crippen molar-refractivity contribution in [3.8, 4) is 0 Å². The summed E-state index contributed by atoms with van der Waals surface area (Å²) in [6.45, 7) is 5.48. The minimum absolute atomic E-state index is 0.0278. The highest BCUT2D eigenvalue weighted by Crippen LogP contribution is 2.34. The summed E-state index contributed by atoms with van der Waals surface area (Å²) < 4.78 is 17.1. The van der Waals surface area contributed by atoms with Crippen molar-refractivity contribution in [2.45, 2.75) is 57.0 Å². The molecule has 1 amide bonds. The third kappa shape index (κ3) is 3.95. The lowest BCUT2D eigenvalue weighted by Crippen LogP contribution is -2.67. The molecule has 5 atom stereocenters. The van der Waals surface area contributed by atoms with Crippen LogP contribution >= 0.6 is 0 Å². The monoisotopic (exact) mass is 351 g/mol. The van der Waals surface area contributed by atoms with Gasteiger partial charge in [-0.05, 0) is 20.8 Å². The van der Waals surface area contributed by atoms with Gasteiger partial charge in [0.25, 0.3) is 0 Å². The van der Waals surface area contributed by atoms with Gasteiger partial charge in [-0.15, -0.1) is 0 Å². The molecule has 7 nitrogen and oxygen atoms in total. The van der Waals surface area contributed by atoms with E-state index in [1.807, 2.05) is 30.3 Å². The van der Waals surface area contributed by atoms with E-state index in [0.29, 0.717) is 0 Å². The minimum atomic E-state index is -1.11. The van der Waals surface area contributed by atoms with Crippen molar-refractivity contribution in [1.82, 2.24) is 4.90 Å². The van der Waals surface area contributed by atoms with Crippen molar-refractivity contribution in [2.75, 3.05) is 13.2 Å². The number of rotatable bonds is 1. The van der Waals surface area contributed by atoms with E-state index in [1.165, 1.54) is 4.90 Å². The molecule has 0 radical (unpaired) electrons. The first kappa shape index (κ1) is 18.1. The van der Waals surface area contributed by atoms with Gasteiger partial charge in [0.1, 0.15) is 23.9 Å². The van der Waals surface area contributed by atoms with Crippen LogP contribution in [0.15, 0.2) is 30.3 Å². The number of carbonyl (C=O) groups is 1. The van der Waals surface area contributed by atoms with Crippen LogP contribution in [0.25, 0.3) is 0 Å². The summed E-state index contributed by atoms with van der Waals surface area (Å²) in [5, 5.41) is 20.5. The first-order valence-electron chi connectivity index (χ1n) is 8.44. The van der Waals surface area contributed by atoms with Gasteiger partial charge in [0, 0.05) is 5.56 Å². The molecule has 7 heteroatoms. The standard InChI is InChI=1S/C18H25NO6/c1-18(2,3)25-17(22)19-9-13(20)14(21)15-12(19)10-23-16(24-15)11-7-5-4-6-8-11/h4-8,12-16,20-21H,9-10H2,1-3H3/t12-,13-,14+,15+,16-/m0/s1. The van der Waals surface area contributed by atoms with Gasteiger partial charge in [0.05, 0.1) is 19.2 Å². The Bertz CT molecular complexity index is 601. The van der Waals surface area contributed by atoms with E-state index >= 15 is 0 Å². The molecule has 2 aliphatic rings. The van der Waals surface area contributed by atoms with Crippen molar-refractivity contribution in [3.05, 3.63) is 35.9 Å². The van der Waals surface area contributed by atoms with Gasteiger partial charge >= 0.3 is 6.09 Å². The van der Waals surface area contributed by atoms with Gasteiger partial charge in [0.2, 0.25) is 0 Å². The summed E-state index contributed by atoms with van der Waals surface area (Å²) in [6.07, 6.45) is -4.17. The number of β-amino-alcohol motifs (C(OH)–C–C–N with tert-alkyl or cyclic N) is 1. The molecular formula is C18H25NO6.